The van der Waals surface area contributed by atoms with E-state index in [1.807, 2.05) is 54.6 Å². The lowest BCUT2D eigenvalue weighted by atomic mass is 9.49. The van der Waals surface area contributed by atoms with Crippen molar-refractivity contribution in [2.75, 3.05) is 4.90 Å². The Morgan fingerprint density at radius 1 is 0.778 bits per heavy atom. The average Bonchev–Trinajstić information content (AvgIpc) is 3.42. The predicted molar refractivity (Wildman–Crippen MR) is 165 cm³/mol. The SMILES string of the molecule is O=C1C2CC=C3C(CC4C(=O)N(c5cccc(Cl)c5)C(=O)C4(c4ccccc4)C3c3ccc(O)c4ccccc34)C2C(=O)N1O. The minimum absolute atomic E-state index is 0.0755. The number of benzene rings is 4. The standard InChI is InChI=1S/C36H27ClN2O6/c37-20-9-6-10-21(17-20)38-33(42)28-18-27-25(13-14-26-30(27)34(43)39(45)32(26)41)31(36(28,35(38)44)19-7-2-1-3-8-19)24-15-16-29(40)23-12-5-4-11-22(23)24/h1-13,15-17,26-28,30-31,40,45H,14,18H2. The summed E-state index contributed by atoms with van der Waals surface area (Å²) >= 11 is 6.35. The Bertz CT molecular complexity index is 1990. The summed E-state index contributed by atoms with van der Waals surface area (Å²) in [5, 5.41) is 23.1. The van der Waals surface area contributed by atoms with Gasteiger partial charge in [0.2, 0.25) is 11.8 Å². The number of amides is 4. The maximum atomic E-state index is 15.3. The van der Waals surface area contributed by atoms with Crippen molar-refractivity contribution in [3.8, 4) is 5.75 Å². The van der Waals surface area contributed by atoms with Crippen LogP contribution in [0.3, 0.4) is 0 Å². The van der Waals surface area contributed by atoms with Gasteiger partial charge in [0.05, 0.1) is 28.9 Å². The first-order chi connectivity index (χ1) is 21.7. The highest BCUT2D eigenvalue weighted by atomic mass is 35.5. The van der Waals surface area contributed by atoms with Gasteiger partial charge >= 0.3 is 0 Å². The minimum Gasteiger partial charge on any atom is -0.507 e. The van der Waals surface area contributed by atoms with Crippen molar-refractivity contribution in [2.24, 2.45) is 23.7 Å². The van der Waals surface area contributed by atoms with Crippen molar-refractivity contribution in [2.45, 2.75) is 24.2 Å². The number of hydrogen-bond donors (Lipinski definition) is 2. The molecule has 1 saturated carbocycles. The van der Waals surface area contributed by atoms with E-state index in [1.165, 1.54) is 4.90 Å². The number of phenolic OH excluding ortho intramolecular Hbond substituents is 1. The number of hydrogen-bond acceptors (Lipinski definition) is 6. The zero-order valence-corrected chi connectivity index (χ0v) is 24.6. The molecule has 45 heavy (non-hydrogen) atoms. The molecule has 6 atom stereocenters. The lowest BCUT2D eigenvalue weighted by Gasteiger charge is -2.51. The molecular weight excluding hydrogens is 592 g/mol. The summed E-state index contributed by atoms with van der Waals surface area (Å²) in [5.41, 5.74) is 1.07. The molecule has 0 aromatic heterocycles. The molecular formula is C36H27ClN2O6. The smallest absolute Gasteiger partial charge is 0.257 e. The summed E-state index contributed by atoms with van der Waals surface area (Å²) in [7, 11) is 0. The summed E-state index contributed by atoms with van der Waals surface area (Å²) in [6.45, 7) is 0. The fourth-order valence-electron chi connectivity index (χ4n) is 8.63. The molecule has 0 bridgehead atoms. The molecule has 8 nitrogen and oxygen atoms in total. The molecule has 2 saturated heterocycles. The fraction of sp³-hybridized carbons (Fsp3) is 0.222. The molecule has 9 heteroatoms. The zero-order valence-electron chi connectivity index (χ0n) is 23.8. The third-order valence-corrected chi connectivity index (χ3v) is 10.6. The lowest BCUT2D eigenvalue weighted by Crippen LogP contribution is -2.53. The van der Waals surface area contributed by atoms with Gasteiger partial charge in [-0.3, -0.25) is 24.4 Å². The van der Waals surface area contributed by atoms with Crippen LogP contribution in [0.25, 0.3) is 10.8 Å². The van der Waals surface area contributed by atoms with E-state index in [9.17, 15) is 24.7 Å². The van der Waals surface area contributed by atoms with Crippen molar-refractivity contribution < 1.29 is 29.5 Å². The summed E-state index contributed by atoms with van der Waals surface area (Å²) in [6, 6.07) is 26.6. The van der Waals surface area contributed by atoms with Crippen LogP contribution in [0.4, 0.5) is 5.69 Å². The van der Waals surface area contributed by atoms with Gasteiger partial charge in [0, 0.05) is 16.3 Å². The number of imide groups is 2. The van der Waals surface area contributed by atoms with E-state index in [4.69, 9.17) is 11.6 Å². The van der Waals surface area contributed by atoms with E-state index in [2.05, 4.69) is 0 Å². The number of phenols is 1. The third kappa shape index (κ3) is 3.63. The second kappa shape index (κ2) is 9.86. The summed E-state index contributed by atoms with van der Waals surface area (Å²) in [4.78, 5) is 57.6. The molecule has 6 unspecified atom stereocenters. The van der Waals surface area contributed by atoms with Crippen molar-refractivity contribution in [1.82, 2.24) is 5.06 Å². The Kier molecular flexibility index (Phi) is 6.08. The summed E-state index contributed by atoms with van der Waals surface area (Å²) in [6.07, 6.45) is 2.27. The molecule has 0 spiro atoms. The van der Waals surface area contributed by atoms with Crippen LogP contribution in [-0.2, 0) is 24.6 Å². The molecule has 224 valence electrons. The van der Waals surface area contributed by atoms with Gasteiger partial charge in [-0.25, -0.2) is 4.90 Å². The second-order valence-corrected chi connectivity index (χ2v) is 12.7. The number of rotatable bonds is 3. The number of aromatic hydroxyl groups is 1. The van der Waals surface area contributed by atoms with Crippen LogP contribution in [0.1, 0.15) is 29.9 Å². The number of fused-ring (bicyclic) bond motifs is 5. The highest BCUT2D eigenvalue weighted by molar-refractivity contribution is 6.32. The van der Waals surface area contributed by atoms with Crippen molar-refractivity contribution >= 4 is 51.7 Å². The molecule has 2 heterocycles. The van der Waals surface area contributed by atoms with Crippen molar-refractivity contribution in [3.63, 3.8) is 0 Å². The Morgan fingerprint density at radius 2 is 1.51 bits per heavy atom. The lowest BCUT2D eigenvalue weighted by molar-refractivity contribution is -0.173. The molecule has 0 radical (unpaired) electrons. The molecule has 4 aliphatic rings. The molecule has 2 N–H and O–H groups in total. The van der Waals surface area contributed by atoms with Gasteiger partial charge in [-0.05, 0) is 59.5 Å². The Labute approximate surface area is 263 Å². The number of hydroxylamine groups is 2. The number of nitrogens with zero attached hydrogens (tertiary/aromatic N) is 2. The highest BCUT2D eigenvalue weighted by Crippen LogP contribution is 2.65. The largest absolute Gasteiger partial charge is 0.507 e. The molecule has 8 rings (SSSR count). The van der Waals surface area contributed by atoms with Crippen molar-refractivity contribution in [3.05, 3.63) is 119 Å². The van der Waals surface area contributed by atoms with Gasteiger partial charge in [0.25, 0.3) is 11.8 Å². The predicted octanol–water partition coefficient (Wildman–Crippen LogP) is 5.75. The van der Waals surface area contributed by atoms with Crippen LogP contribution in [0, 0.1) is 23.7 Å². The number of carbonyl (C=O) groups excluding carboxylic acids is 4. The Balaban J connectivity index is 1.46. The van der Waals surface area contributed by atoms with Gasteiger partial charge in [0.1, 0.15) is 5.75 Å². The first-order valence-corrected chi connectivity index (χ1v) is 15.3. The first-order valence-electron chi connectivity index (χ1n) is 14.9. The maximum Gasteiger partial charge on any atom is 0.257 e. The third-order valence-electron chi connectivity index (χ3n) is 10.4. The van der Waals surface area contributed by atoms with Crippen LogP contribution in [0.5, 0.6) is 5.75 Å². The quantitative estimate of drug-likeness (QED) is 0.172. The molecule has 4 aromatic carbocycles. The maximum absolute atomic E-state index is 15.3. The number of anilines is 1. The van der Waals surface area contributed by atoms with Gasteiger partial charge in [0.15, 0.2) is 0 Å². The minimum atomic E-state index is -1.43. The van der Waals surface area contributed by atoms with Crippen LogP contribution in [0.2, 0.25) is 5.02 Å². The number of allylic oxidation sites excluding steroid dienone is 2. The van der Waals surface area contributed by atoms with Gasteiger partial charge < -0.3 is 5.11 Å². The first kappa shape index (κ1) is 27.7. The summed E-state index contributed by atoms with van der Waals surface area (Å²) < 4.78 is 0. The molecule has 4 aromatic rings. The normalized spacial score (nSPS) is 29.1. The zero-order chi connectivity index (χ0) is 31.2. The molecule has 2 aliphatic carbocycles. The topological polar surface area (TPSA) is 115 Å². The average molecular weight is 619 g/mol. The van der Waals surface area contributed by atoms with Crippen molar-refractivity contribution in [1.29, 1.82) is 0 Å². The van der Waals surface area contributed by atoms with E-state index < -0.39 is 58.6 Å². The van der Waals surface area contributed by atoms with Gasteiger partial charge in [-0.2, -0.15) is 5.06 Å². The van der Waals surface area contributed by atoms with E-state index in [0.29, 0.717) is 27.0 Å². The molecule has 4 amide bonds. The van der Waals surface area contributed by atoms with Crippen LogP contribution < -0.4 is 4.90 Å². The number of halogens is 1. The monoisotopic (exact) mass is 618 g/mol. The fourth-order valence-corrected chi connectivity index (χ4v) is 8.81. The Morgan fingerprint density at radius 3 is 2.27 bits per heavy atom. The van der Waals surface area contributed by atoms with Crippen LogP contribution in [0.15, 0.2) is 103 Å². The summed E-state index contributed by atoms with van der Waals surface area (Å²) in [5.74, 6) is -5.97. The highest BCUT2D eigenvalue weighted by Gasteiger charge is 2.70. The molecule has 2 aliphatic heterocycles. The van der Waals surface area contributed by atoms with Gasteiger partial charge in [-0.1, -0.05) is 90.0 Å². The van der Waals surface area contributed by atoms with E-state index in [1.54, 1.807) is 42.5 Å². The van der Waals surface area contributed by atoms with Crippen LogP contribution >= 0.6 is 11.6 Å². The second-order valence-electron chi connectivity index (χ2n) is 12.3. The van der Waals surface area contributed by atoms with E-state index in [-0.39, 0.29) is 23.7 Å². The Hall–Kier alpha value is -4.79. The van der Waals surface area contributed by atoms with Gasteiger partial charge in [-0.15, -0.1) is 0 Å². The van der Waals surface area contributed by atoms with Crippen LogP contribution in [-0.4, -0.2) is 39.0 Å². The number of carbonyl (C=O) groups is 4. The van der Waals surface area contributed by atoms with E-state index in [0.717, 1.165) is 11.1 Å². The van der Waals surface area contributed by atoms with E-state index >= 15 is 4.79 Å². The molecule has 3 fully saturated rings.